The van der Waals surface area contributed by atoms with E-state index in [9.17, 15) is 4.79 Å². The van der Waals surface area contributed by atoms with Gasteiger partial charge in [0.2, 0.25) is 0 Å². The summed E-state index contributed by atoms with van der Waals surface area (Å²) in [7, 11) is 0. The van der Waals surface area contributed by atoms with Crippen molar-refractivity contribution in [3.63, 3.8) is 0 Å². The molecule has 2 rings (SSSR count). The average Bonchev–Trinajstić information content (AvgIpc) is 2.76. The molecular formula is C12H18N2O2S. The van der Waals surface area contributed by atoms with Crippen LogP contribution in [0.5, 0.6) is 0 Å². The molecule has 1 aromatic rings. The minimum Gasteiger partial charge on any atom is -0.455 e. The molecule has 0 aromatic carbocycles. The van der Waals surface area contributed by atoms with Crippen molar-refractivity contribution in [3.8, 4) is 0 Å². The SMILES string of the molecule is CC1(C)CCCC(N)C1OC(=O)c1cscn1. The summed E-state index contributed by atoms with van der Waals surface area (Å²) in [5, 5.41) is 1.70. The first-order valence-electron chi connectivity index (χ1n) is 5.85. The molecule has 94 valence electrons. The molecule has 2 atom stereocenters. The Labute approximate surface area is 105 Å². The number of aromatic nitrogens is 1. The topological polar surface area (TPSA) is 65.2 Å². The van der Waals surface area contributed by atoms with Crippen LogP contribution in [0, 0.1) is 5.41 Å². The first kappa shape index (κ1) is 12.5. The highest BCUT2D eigenvalue weighted by atomic mass is 32.1. The van der Waals surface area contributed by atoms with E-state index in [0.29, 0.717) is 5.69 Å². The lowest BCUT2D eigenvalue weighted by Gasteiger charge is -2.41. The van der Waals surface area contributed by atoms with Crippen molar-refractivity contribution in [3.05, 3.63) is 16.6 Å². The highest BCUT2D eigenvalue weighted by Gasteiger charge is 2.40. The largest absolute Gasteiger partial charge is 0.455 e. The predicted molar refractivity (Wildman–Crippen MR) is 66.9 cm³/mol. The minimum absolute atomic E-state index is 0.0522. The minimum atomic E-state index is -0.360. The first-order chi connectivity index (χ1) is 8.00. The molecule has 1 aliphatic rings. The van der Waals surface area contributed by atoms with Crippen LogP contribution in [-0.4, -0.2) is 23.1 Å². The number of nitrogens with zero attached hydrogens (tertiary/aromatic N) is 1. The molecule has 0 radical (unpaired) electrons. The van der Waals surface area contributed by atoms with Gasteiger partial charge < -0.3 is 10.5 Å². The van der Waals surface area contributed by atoms with E-state index in [4.69, 9.17) is 10.5 Å². The maximum absolute atomic E-state index is 11.9. The van der Waals surface area contributed by atoms with E-state index in [-0.39, 0.29) is 23.5 Å². The Hall–Kier alpha value is -0.940. The standard InChI is InChI=1S/C12H18N2O2S/c1-12(2)5-3-4-8(13)10(12)16-11(15)9-6-17-7-14-9/h6-8,10H,3-5,13H2,1-2H3. The quantitative estimate of drug-likeness (QED) is 0.822. The highest BCUT2D eigenvalue weighted by Crippen LogP contribution is 2.37. The maximum Gasteiger partial charge on any atom is 0.358 e. The van der Waals surface area contributed by atoms with Gasteiger partial charge in [-0.05, 0) is 12.8 Å². The predicted octanol–water partition coefficient (Wildman–Crippen LogP) is 2.21. The summed E-state index contributed by atoms with van der Waals surface area (Å²) in [6.45, 7) is 4.20. The molecule has 1 fully saturated rings. The van der Waals surface area contributed by atoms with Crippen LogP contribution in [0.15, 0.2) is 10.9 Å². The van der Waals surface area contributed by atoms with Gasteiger partial charge in [0.25, 0.3) is 0 Å². The lowest BCUT2D eigenvalue weighted by molar-refractivity contribution is -0.0363. The van der Waals surface area contributed by atoms with Crippen molar-refractivity contribution in [1.29, 1.82) is 0 Å². The molecule has 2 unspecified atom stereocenters. The molecule has 5 heteroatoms. The third-order valence-electron chi connectivity index (χ3n) is 3.39. The number of hydrogen-bond donors (Lipinski definition) is 1. The van der Waals surface area contributed by atoms with Crippen LogP contribution >= 0.6 is 11.3 Å². The van der Waals surface area contributed by atoms with Crippen molar-refractivity contribution < 1.29 is 9.53 Å². The van der Waals surface area contributed by atoms with Crippen LogP contribution in [0.1, 0.15) is 43.6 Å². The van der Waals surface area contributed by atoms with Crippen LogP contribution < -0.4 is 5.73 Å². The maximum atomic E-state index is 11.9. The number of esters is 1. The molecule has 1 aliphatic carbocycles. The van der Waals surface area contributed by atoms with E-state index in [1.54, 1.807) is 10.9 Å². The van der Waals surface area contributed by atoms with Gasteiger partial charge in [0.15, 0.2) is 5.69 Å². The zero-order valence-electron chi connectivity index (χ0n) is 10.2. The van der Waals surface area contributed by atoms with Gasteiger partial charge in [-0.2, -0.15) is 0 Å². The Bertz CT molecular complexity index is 389. The number of carbonyl (C=O) groups is 1. The van der Waals surface area contributed by atoms with Gasteiger partial charge in [-0.1, -0.05) is 20.3 Å². The Morgan fingerprint density at radius 1 is 1.65 bits per heavy atom. The fourth-order valence-corrected chi connectivity index (χ4v) is 2.92. The van der Waals surface area contributed by atoms with Gasteiger partial charge in [0.05, 0.1) is 5.51 Å². The second-order valence-corrected chi connectivity index (χ2v) is 5.96. The van der Waals surface area contributed by atoms with Crippen molar-refractivity contribution >= 4 is 17.3 Å². The molecular weight excluding hydrogens is 236 g/mol. The van der Waals surface area contributed by atoms with Gasteiger partial charge in [0.1, 0.15) is 6.10 Å². The molecule has 0 amide bonds. The third kappa shape index (κ3) is 2.66. The van der Waals surface area contributed by atoms with Crippen LogP contribution in [0.2, 0.25) is 0 Å². The molecule has 1 aromatic heterocycles. The van der Waals surface area contributed by atoms with E-state index in [1.165, 1.54) is 11.3 Å². The second kappa shape index (κ2) is 4.74. The molecule has 0 saturated heterocycles. The van der Waals surface area contributed by atoms with Crippen molar-refractivity contribution in [2.75, 3.05) is 0 Å². The normalized spacial score (nSPS) is 27.7. The van der Waals surface area contributed by atoms with E-state index >= 15 is 0 Å². The lowest BCUT2D eigenvalue weighted by atomic mass is 9.72. The van der Waals surface area contributed by atoms with Gasteiger partial charge >= 0.3 is 5.97 Å². The average molecular weight is 254 g/mol. The fourth-order valence-electron chi connectivity index (χ4n) is 2.40. The summed E-state index contributed by atoms with van der Waals surface area (Å²) in [4.78, 5) is 15.8. The summed E-state index contributed by atoms with van der Waals surface area (Å²) in [6.07, 6.45) is 2.83. The molecule has 0 spiro atoms. The van der Waals surface area contributed by atoms with Gasteiger partial charge in [-0.15, -0.1) is 11.3 Å². The Balaban J connectivity index is 2.08. The third-order valence-corrected chi connectivity index (χ3v) is 3.98. The summed E-state index contributed by atoms with van der Waals surface area (Å²) in [5.41, 5.74) is 8.01. The lowest BCUT2D eigenvalue weighted by Crippen LogP contribution is -2.50. The zero-order chi connectivity index (χ0) is 12.5. The van der Waals surface area contributed by atoms with Crippen LogP contribution in [0.4, 0.5) is 0 Å². The summed E-state index contributed by atoms with van der Waals surface area (Å²) in [5.74, 6) is -0.360. The fraction of sp³-hybridized carbons (Fsp3) is 0.667. The molecule has 1 saturated carbocycles. The number of carbonyl (C=O) groups excluding carboxylic acids is 1. The Morgan fingerprint density at radius 2 is 2.41 bits per heavy atom. The van der Waals surface area contributed by atoms with E-state index in [0.717, 1.165) is 19.3 Å². The van der Waals surface area contributed by atoms with Gasteiger partial charge in [0, 0.05) is 16.8 Å². The van der Waals surface area contributed by atoms with Crippen LogP contribution in [-0.2, 0) is 4.74 Å². The number of hydrogen-bond acceptors (Lipinski definition) is 5. The van der Waals surface area contributed by atoms with Crippen molar-refractivity contribution in [1.82, 2.24) is 4.98 Å². The van der Waals surface area contributed by atoms with Crippen molar-refractivity contribution in [2.45, 2.75) is 45.3 Å². The van der Waals surface area contributed by atoms with E-state index in [2.05, 4.69) is 18.8 Å². The van der Waals surface area contributed by atoms with Crippen molar-refractivity contribution in [2.24, 2.45) is 11.1 Å². The summed E-state index contributed by atoms with van der Waals surface area (Å²) >= 11 is 1.39. The number of rotatable bonds is 2. The van der Waals surface area contributed by atoms with E-state index in [1.807, 2.05) is 0 Å². The van der Waals surface area contributed by atoms with Crippen LogP contribution in [0.3, 0.4) is 0 Å². The molecule has 17 heavy (non-hydrogen) atoms. The molecule has 2 N–H and O–H groups in total. The molecule has 0 aliphatic heterocycles. The number of thiazole rings is 1. The smallest absolute Gasteiger partial charge is 0.358 e. The number of nitrogens with two attached hydrogens (primary N) is 1. The summed E-state index contributed by atoms with van der Waals surface area (Å²) < 4.78 is 5.54. The zero-order valence-corrected chi connectivity index (χ0v) is 11.0. The molecule has 4 nitrogen and oxygen atoms in total. The number of ether oxygens (including phenoxy) is 1. The Morgan fingerprint density at radius 3 is 3.00 bits per heavy atom. The first-order valence-corrected chi connectivity index (χ1v) is 6.80. The van der Waals surface area contributed by atoms with Gasteiger partial charge in [-0.25, -0.2) is 9.78 Å². The molecule has 0 bridgehead atoms. The van der Waals surface area contributed by atoms with Gasteiger partial charge in [-0.3, -0.25) is 0 Å². The van der Waals surface area contributed by atoms with Crippen LogP contribution in [0.25, 0.3) is 0 Å². The second-order valence-electron chi connectivity index (χ2n) is 5.24. The molecule has 1 heterocycles. The highest BCUT2D eigenvalue weighted by molar-refractivity contribution is 7.07. The summed E-state index contributed by atoms with van der Waals surface area (Å²) in [6, 6.07) is -0.0682. The van der Waals surface area contributed by atoms with E-state index < -0.39 is 0 Å². The monoisotopic (exact) mass is 254 g/mol. The Kier molecular flexibility index (Phi) is 3.49.